The van der Waals surface area contributed by atoms with Crippen molar-refractivity contribution in [3.8, 4) is 73.0 Å². The molecule has 3 aromatic heterocycles. The highest BCUT2D eigenvalue weighted by molar-refractivity contribution is 5.87. The van der Waals surface area contributed by atoms with Crippen LogP contribution in [0, 0.1) is 0 Å². The Labute approximate surface area is 321 Å². The van der Waals surface area contributed by atoms with Crippen LogP contribution in [0.2, 0.25) is 0 Å². The van der Waals surface area contributed by atoms with Gasteiger partial charge in [-0.1, -0.05) is 139 Å². The third-order valence-electron chi connectivity index (χ3n) is 9.82. The minimum absolute atomic E-state index is 0.150. The van der Waals surface area contributed by atoms with Crippen LogP contribution in [-0.4, -0.2) is 18.9 Å². The Morgan fingerprint density at radius 1 is 0.426 bits per heavy atom. The Balaban J connectivity index is 1.14. The Morgan fingerprint density at radius 2 is 1.04 bits per heavy atom. The fourth-order valence-electron chi connectivity index (χ4n) is 7.29. The minimum atomic E-state index is -0.424. The zero-order valence-electron chi connectivity index (χ0n) is 34.0. The predicted molar refractivity (Wildman–Crippen MR) is 222 cm³/mol. The normalized spacial score (nSPS) is 12.6. The number of nitrogens with zero attached hydrogens (tertiary/aromatic N) is 4. The highest BCUT2D eigenvalue weighted by Gasteiger charge is 2.18. The van der Waals surface area contributed by atoms with Gasteiger partial charge < -0.3 is 0 Å². The third-order valence-corrected chi connectivity index (χ3v) is 9.82. The molecule has 4 heteroatoms. The van der Waals surface area contributed by atoms with Gasteiger partial charge in [-0.15, -0.1) is 0 Å². The molecule has 0 fully saturated rings. The Bertz CT molecular complexity index is 3180. The second-order valence-corrected chi connectivity index (χ2v) is 13.2. The molecule has 0 N–H and O–H groups in total. The molecule has 10 rings (SSSR count). The van der Waals surface area contributed by atoms with Crippen LogP contribution < -0.4 is 0 Å². The summed E-state index contributed by atoms with van der Waals surface area (Å²) in [6.45, 7) is 0. The van der Waals surface area contributed by atoms with Crippen LogP contribution in [-0.2, 0) is 0 Å². The standard InChI is InChI=1S/C50H34N4/c1-4-15-35(16-5-1)41-32-42(36-26-28-44(29-27-36)54-46-24-11-10-23-45(46)51-50(54)38-19-8-3-9-20-38)34-43(33-41)39-21-14-22-40(31-39)49-48(37-17-6-2-7-18-37)52-47-25-12-13-30-53(47)49/h1-34H/i1D,4D,5D,15D,16D. The summed E-state index contributed by atoms with van der Waals surface area (Å²) in [5.74, 6) is 0.839. The van der Waals surface area contributed by atoms with E-state index in [4.69, 9.17) is 16.8 Å². The number of aromatic nitrogens is 4. The maximum absolute atomic E-state index is 8.91. The van der Waals surface area contributed by atoms with Gasteiger partial charge in [0.15, 0.2) is 0 Å². The summed E-state index contributed by atoms with van der Waals surface area (Å²) in [4.78, 5) is 10.1. The molecule has 0 aliphatic rings. The number of imidazole rings is 2. The van der Waals surface area contributed by atoms with Crippen LogP contribution in [0.5, 0.6) is 0 Å². The lowest BCUT2D eigenvalue weighted by Gasteiger charge is -2.14. The van der Waals surface area contributed by atoms with Crippen LogP contribution in [0.4, 0.5) is 0 Å². The molecule has 0 bridgehead atoms. The molecule has 254 valence electrons. The van der Waals surface area contributed by atoms with Crippen molar-refractivity contribution < 1.29 is 6.85 Å². The zero-order chi connectivity index (χ0) is 40.2. The quantitative estimate of drug-likeness (QED) is 0.166. The van der Waals surface area contributed by atoms with Crippen molar-refractivity contribution in [1.82, 2.24) is 18.9 Å². The zero-order valence-corrected chi connectivity index (χ0v) is 29.0. The van der Waals surface area contributed by atoms with Crippen molar-refractivity contribution in [3.63, 3.8) is 0 Å². The van der Waals surface area contributed by atoms with Crippen molar-refractivity contribution in [2.45, 2.75) is 0 Å². The fraction of sp³-hybridized carbons (Fsp3) is 0. The van der Waals surface area contributed by atoms with Crippen LogP contribution >= 0.6 is 0 Å². The van der Waals surface area contributed by atoms with E-state index >= 15 is 0 Å². The van der Waals surface area contributed by atoms with Gasteiger partial charge in [0.2, 0.25) is 0 Å². The predicted octanol–water partition coefficient (Wildman–Crippen LogP) is 12.7. The van der Waals surface area contributed by atoms with E-state index in [1.54, 1.807) is 0 Å². The van der Waals surface area contributed by atoms with Crippen molar-refractivity contribution in [3.05, 3.63) is 206 Å². The van der Waals surface area contributed by atoms with Crippen molar-refractivity contribution in [1.29, 1.82) is 0 Å². The molecule has 0 atom stereocenters. The Morgan fingerprint density at radius 3 is 1.81 bits per heavy atom. The summed E-state index contributed by atoms with van der Waals surface area (Å²) < 4.78 is 47.3. The molecule has 0 aliphatic heterocycles. The van der Waals surface area contributed by atoms with Crippen LogP contribution in [0.25, 0.3) is 89.7 Å². The number of benzene rings is 7. The maximum Gasteiger partial charge on any atom is 0.145 e. The van der Waals surface area contributed by atoms with Crippen LogP contribution in [0.3, 0.4) is 0 Å². The second kappa shape index (κ2) is 13.4. The van der Waals surface area contributed by atoms with Gasteiger partial charge in [0, 0.05) is 28.6 Å². The summed E-state index contributed by atoms with van der Waals surface area (Å²) in [7, 11) is 0. The number of hydrogen-bond acceptors (Lipinski definition) is 2. The van der Waals surface area contributed by atoms with Gasteiger partial charge in [0.05, 0.1) is 29.3 Å². The topological polar surface area (TPSA) is 35.1 Å². The number of rotatable bonds is 7. The molecule has 0 aliphatic carbocycles. The van der Waals surface area contributed by atoms with E-state index in [0.29, 0.717) is 5.56 Å². The molecule has 7 aromatic carbocycles. The molecule has 54 heavy (non-hydrogen) atoms. The molecular weight excluding hydrogens is 657 g/mol. The number of fused-ring (bicyclic) bond motifs is 2. The minimum Gasteiger partial charge on any atom is -0.299 e. The monoisotopic (exact) mass is 695 g/mol. The van der Waals surface area contributed by atoms with E-state index in [-0.39, 0.29) is 29.7 Å². The third kappa shape index (κ3) is 5.67. The molecule has 4 nitrogen and oxygen atoms in total. The number of pyridine rings is 1. The summed E-state index contributed by atoms with van der Waals surface area (Å²) in [6.07, 6.45) is 2.02. The van der Waals surface area contributed by atoms with Gasteiger partial charge in [-0.05, 0) is 94.0 Å². The van der Waals surface area contributed by atoms with Crippen LogP contribution in [0.1, 0.15) is 6.85 Å². The first kappa shape index (κ1) is 26.5. The summed E-state index contributed by atoms with van der Waals surface area (Å²) in [5, 5.41) is 0. The molecule has 10 aromatic rings. The molecule has 0 saturated heterocycles. The van der Waals surface area contributed by atoms with Crippen LogP contribution in [0.15, 0.2) is 206 Å². The molecule has 0 unspecified atom stereocenters. The first-order chi connectivity index (χ1) is 28.8. The van der Waals surface area contributed by atoms with Crippen molar-refractivity contribution >= 4 is 16.7 Å². The molecule has 0 saturated carbocycles. The summed E-state index contributed by atoms with van der Waals surface area (Å²) >= 11 is 0. The van der Waals surface area contributed by atoms with E-state index in [2.05, 4.69) is 81.8 Å². The SMILES string of the molecule is [2H]c1c([2H])c([2H])c(-c2cc(-c3ccc(-n4c(-c5ccccc5)nc5ccccc54)cc3)cc(-c3cccc(-c4c(-c5ccccc5)nc5ccccn45)c3)c2)c([2H])c1[2H]. The lowest BCUT2D eigenvalue weighted by molar-refractivity contribution is 1.10. The van der Waals surface area contributed by atoms with Gasteiger partial charge in [-0.25, -0.2) is 9.97 Å². The molecule has 0 radical (unpaired) electrons. The maximum atomic E-state index is 8.91. The lowest BCUT2D eigenvalue weighted by atomic mass is 9.92. The highest BCUT2D eigenvalue weighted by Crippen LogP contribution is 2.38. The highest BCUT2D eigenvalue weighted by atomic mass is 15.1. The lowest BCUT2D eigenvalue weighted by Crippen LogP contribution is -1.97. The van der Waals surface area contributed by atoms with Gasteiger partial charge in [0.1, 0.15) is 11.5 Å². The van der Waals surface area contributed by atoms with E-state index in [1.165, 1.54) is 0 Å². The van der Waals surface area contributed by atoms with E-state index < -0.39 is 6.04 Å². The molecular formula is C50H34N4. The van der Waals surface area contributed by atoms with Crippen molar-refractivity contribution in [2.75, 3.05) is 0 Å². The smallest absolute Gasteiger partial charge is 0.145 e. The van der Waals surface area contributed by atoms with E-state index in [9.17, 15) is 0 Å². The first-order valence-electron chi connectivity index (χ1n) is 20.3. The van der Waals surface area contributed by atoms with Gasteiger partial charge in [-0.2, -0.15) is 0 Å². The molecule has 0 amide bonds. The average molecular weight is 696 g/mol. The van der Waals surface area contributed by atoms with Gasteiger partial charge >= 0.3 is 0 Å². The largest absolute Gasteiger partial charge is 0.299 e. The number of para-hydroxylation sites is 2. The summed E-state index contributed by atoms with van der Waals surface area (Å²) in [5.41, 5.74) is 12.6. The first-order valence-corrected chi connectivity index (χ1v) is 17.8. The van der Waals surface area contributed by atoms with Gasteiger partial charge in [-0.3, -0.25) is 8.97 Å². The molecule has 0 spiro atoms. The second-order valence-electron chi connectivity index (χ2n) is 13.2. The van der Waals surface area contributed by atoms with E-state index in [1.807, 2.05) is 103 Å². The Hall–Kier alpha value is -7.30. The van der Waals surface area contributed by atoms with E-state index in [0.717, 1.165) is 78.5 Å². The summed E-state index contributed by atoms with van der Waals surface area (Å²) in [6, 6.07) is 55.2. The average Bonchev–Trinajstić information content (AvgIpc) is 3.88. The molecule has 3 heterocycles. The fourth-order valence-corrected chi connectivity index (χ4v) is 7.29. The Kier molecular flexibility index (Phi) is 6.54. The number of hydrogen-bond donors (Lipinski definition) is 0. The van der Waals surface area contributed by atoms with Crippen molar-refractivity contribution in [2.24, 2.45) is 0 Å². The van der Waals surface area contributed by atoms with Gasteiger partial charge in [0.25, 0.3) is 0 Å².